The number of carbonyl (C=O) groups excluding carboxylic acids is 1. The van der Waals surface area contributed by atoms with Gasteiger partial charge < -0.3 is 10.5 Å². The van der Waals surface area contributed by atoms with Gasteiger partial charge in [-0.15, -0.1) is 0 Å². The van der Waals surface area contributed by atoms with Crippen LogP contribution in [0.1, 0.15) is 23.7 Å². The molecule has 2 N–H and O–H groups in total. The van der Waals surface area contributed by atoms with Gasteiger partial charge in [-0.1, -0.05) is 48.3 Å². The number of esters is 1. The van der Waals surface area contributed by atoms with Crippen LogP contribution in [-0.2, 0) is 4.74 Å². The summed E-state index contributed by atoms with van der Waals surface area (Å²) in [6, 6.07) is 10.4. The second kappa shape index (κ2) is 6.83. The molecule has 0 saturated carbocycles. The van der Waals surface area contributed by atoms with E-state index in [0.29, 0.717) is 33.5 Å². The zero-order valence-electron chi connectivity index (χ0n) is 11.5. The van der Waals surface area contributed by atoms with E-state index in [1.165, 1.54) is 0 Å². The topological polar surface area (TPSA) is 52.3 Å². The van der Waals surface area contributed by atoms with E-state index < -0.39 is 5.97 Å². The van der Waals surface area contributed by atoms with Crippen molar-refractivity contribution in [2.24, 2.45) is 0 Å². The average Bonchev–Trinajstić information content (AvgIpc) is 2.47. The number of anilines is 1. The van der Waals surface area contributed by atoms with Gasteiger partial charge in [0.05, 0.1) is 22.2 Å². The predicted octanol–water partition coefficient (Wildman–Crippen LogP) is 4.81. The number of hydrogen-bond donors (Lipinski definition) is 1. The summed E-state index contributed by atoms with van der Waals surface area (Å²) in [7, 11) is 0. The van der Waals surface area contributed by atoms with Gasteiger partial charge in [-0.05, 0) is 35.7 Å². The van der Waals surface area contributed by atoms with Crippen molar-refractivity contribution >= 4 is 34.9 Å². The first-order valence-electron chi connectivity index (χ1n) is 6.55. The van der Waals surface area contributed by atoms with Crippen molar-refractivity contribution in [1.82, 2.24) is 0 Å². The van der Waals surface area contributed by atoms with E-state index in [2.05, 4.69) is 0 Å². The van der Waals surface area contributed by atoms with Crippen LogP contribution in [0.4, 0.5) is 5.69 Å². The second-order valence-corrected chi connectivity index (χ2v) is 5.35. The van der Waals surface area contributed by atoms with Gasteiger partial charge in [-0.2, -0.15) is 0 Å². The summed E-state index contributed by atoms with van der Waals surface area (Å²) >= 11 is 12.0. The van der Waals surface area contributed by atoms with Crippen molar-refractivity contribution in [1.29, 1.82) is 0 Å². The van der Waals surface area contributed by atoms with Crippen LogP contribution in [0.3, 0.4) is 0 Å². The quantitative estimate of drug-likeness (QED) is 0.648. The van der Waals surface area contributed by atoms with E-state index in [1.807, 2.05) is 6.92 Å². The largest absolute Gasteiger partial charge is 0.462 e. The molecule has 2 rings (SSSR count). The molecule has 2 aromatic carbocycles. The van der Waals surface area contributed by atoms with Crippen molar-refractivity contribution in [3.63, 3.8) is 0 Å². The second-order valence-electron chi connectivity index (χ2n) is 4.53. The molecule has 0 radical (unpaired) electrons. The Hall–Kier alpha value is -1.71. The zero-order chi connectivity index (χ0) is 15.4. The Balaban J connectivity index is 2.50. The first kappa shape index (κ1) is 15.7. The van der Waals surface area contributed by atoms with Crippen molar-refractivity contribution < 1.29 is 9.53 Å². The summed E-state index contributed by atoms with van der Waals surface area (Å²) in [5, 5.41) is 0.879. The Labute approximate surface area is 133 Å². The lowest BCUT2D eigenvalue weighted by Crippen LogP contribution is -2.10. The van der Waals surface area contributed by atoms with E-state index in [0.717, 1.165) is 12.0 Å². The minimum Gasteiger partial charge on any atom is -0.462 e. The Morgan fingerprint density at radius 1 is 1.19 bits per heavy atom. The molecule has 0 spiro atoms. The molecular formula is C16H15Cl2NO2. The molecule has 0 amide bonds. The number of rotatable bonds is 4. The molecule has 0 bridgehead atoms. The molecule has 0 heterocycles. The van der Waals surface area contributed by atoms with E-state index in [-0.39, 0.29) is 0 Å². The van der Waals surface area contributed by atoms with Gasteiger partial charge in [0.1, 0.15) is 0 Å². The maximum atomic E-state index is 12.2. The summed E-state index contributed by atoms with van der Waals surface area (Å²) in [6.07, 6.45) is 0.751. The number of nitrogens with two attached hydrogens (primary N) is 1. The SMILES string of the molecule is CCCOC(=O)c1c(N)cccc1-c1ccc(Cl)c(Cl)c1. The molecule has 0 fully saturated rings. The minimum atomic E-state index is -0.434. The molecule has 0 atom stereocenters. The van der Waals surface area contributed by atoms with E-state index in [4.69, 9.17) is 33.7 Å². The highest BCUT2D eigenvalue weighted by Gasteiger charge is 2.18. The molecule has 2 aromatic rings. The number of benzene rings is 2. The number of halogens is 2. The average molecular weight is 324 g/mol. The fourth-order valence-electron chi connectivity index (χ4n) is 1.97. The van der Waals surface area contributed by atoms with Crippen molar-refractivity contribution in [3.8, 4) is 11.1 Å². The Morgan fingerprint density at radius 2 is 1.95 bits per heavy atom. The normalized spacial score (nSPS) is 10.4. The first-order chi connectivity index (χ1) is 10.0. The number of hydrogen-bond acceptors (Lipinski definition) is 3. The predicted molar refractivity (Wildman–Crippen MR) is 86.9 cm³/mol. The molecule has 0 aliphatic rings. The molecule has 110 valence electrons. The van der Waals surface area contributed by atoms with Crippen LogP contribution in [0.15, 0.2) is 36.4 Å². The summed E-state index contributed by atoms with van der Waals surface area (Å²) in [5.41, 5.74) is 8.11. The van der Waals surface area contributed by atoms with Gasteiger partial charge in [0, 0.05) is 5.69 Å². The maximum absolute atomic E-state index is 12.2. The third-order valence-electron chi connectivity index (χ3n) is 2.97. The van der Waals surface area contributed by atoms with Crippen LogP contribution in [-0.4, -0.2) is 12.6 Å². The first-order valence-corrected chi connectivity index (χ1v) is 7.31. The van der Waals surface area contributed by atoms with Crippen molar-refractivity contribution in [2.45, 2.75) is 13.3 Å². The van der Waals surface area contributed by atoms with Crippen LogP contribution >= 0.6 is 23.2 Å². The highest BCUT2D eigenvalue weighted by Crippen LogP contribution is 2.32. The summed E-state index contributed by atoms with van der Waals surface area (Å²) < 4.78 is 5.20. The van der Waals surface area contributed by atoms with Gasteiger partial charge in [0.25, 0.3) is 0 Å². The lowest BCUT2D eigenvalue weighted by atomic mass is 9.98. The molecule has 3 nitrogen and oxygen atoms in total. The van der Waals surface area contributed by atoms with Crippen LogP contribution < -0.4 is 5.73 Å². The van der Waals surface area contributed by atoms with Gasteiger partial charge in [0.2, 0.25) is 0 Å². The zero-order valence-corrected chi connectivity index (χ0v) is 13.0. The molecule has 5 heteroatoms. The van der Waals surface area contributed by atoms with Gasteiger partial charge in [0.15, 0.2) is 0 Å². The Morgan fingerprint density at radius 3 is 2.62 bits per heavy atom. The monoisotopic (exact) mass is 323 g/mol. The van der Waals surface area contributed by atoms with Gasteiger partial charge >= 0.3 is 5.97 Å². The van der Waals surface area contributed by atoms with Crippen molar-refractivity contribution in [3.05, 3.63) is 52.0 Å². The van der Waals surface area contributed by atoms with Crippen LogP contribution in [0.25, 0.3) is 11.1 Å². The third kappa shape index (κ3) is 3.49. The molecule has 0 aromatic heterocycles. The van der Waals surface area contributed by atoms with Gasteiger partial charge in [-0.25, -0.2) is 4.79 Å². The summed E-state index contributed by atoms with van der Waals surface area (Å²) in [6.45, 7) is 2.29. The standard InChI is InChI=1S/C16H15Cl2NO2/c1-2-8-21-16(20)15-11(4-3-5-14(15)19)10-6-7-12(17)13(18)9-10/h3-7,9H,2,8,19H2,1H3. The van der Waals surface area contributed by atoms with Crippen molar-refractivity contribution in [2.75, 3.05) is 12.3 Å². The molecule has 0 saturated heterocycles. The molecule has 0 aliphatic heterocycles. The highest BCUT2D eigenvalue weighted by atomic mass is 35.5. The van der Waals surface area contributed by atoms with Crippen LogP contribution in [0, 0.1) is 0 Å². The highest BCUT2D eigenvalue weighted by molar-refractivity contribution is 6.42. The van der Waals surface area contributed by atoms with Gasteiger partial charge in [-0.3, -0.25) is 0 Å². The number of ether oxygens (including phenoxy) is 1. The molecular weight excluding hydrogens is 309 g/mol. The van der Waals surface area contributed by atoms with Crippen LogP contribution in [0.2, 0.25) is 10.0 Å². The number of nitrogen functional groups attached to an aromatic ring is 1. The summed E-state index contributed by atoms with van der Waals surface area (Å²) in [4.78, 5) is 12.2. The summed E-state index contributed by atoms with van der Waals surface area (Å²) in [5.74, 6) is -0.434. The lowest BCUT2D eigenvalue weighted by Gasteiger charge is -2.12. The number of carbonyl (C=O) groups is 1. The fraction of sp³-hybridized carbons (Fsp3) is 0.188. The minimum absolute atomic E-state index is 0.351. The Bertz CT molecular complexity index is 671. The molecule has 0 unspecified atom stereocenters. The van der Waals surface area contributed by atoms with E-state index >= 15 is 0 Å². The maximum Gasteiger partial charge on any atom is 0.340 e. The van der Waals surface area contributed by atoms with E-state index in [1.54, 1.807) is 36.4 Å². The third-order valence-corrected chi connectivity index (χ3v) is 3.71. The van der Waals surface area contributed by atoms with Crippen LogP contribution in [0.5, 0.6) is 0 Å². The van der Waals surface area contributed by atoms with E-state index in [9.17, 15) is 4.79 Å². The lowest BCUT2D eigenvalue weighted by molar-refractivity contribution is 0.0507. The molecule has 21 heavy (non-hydrogen) atoms. The molecule has 0 aliphatic carbocycles. The Kier molecular flexibility index (Phi) is 5.10. The fourth-order valence-corrected chi connectivity index (χ4v) is 2.27. The smallest absolute Gasteiger partial charge is 0.340 e.